The second-order valence-corrected chi connectivity index (χ2v) is 6.68. The molecule has 0 atom stereocenters. The lowest BCUT2D eigenvalue weighted by Gasteiger charge is -2.37. The molecule has 0 bridgehead atoms. The summed E-state index contributed by atoms with van der Waals surface area (Å²) in [5, 5.41) is 20.5. The fraction of sp³-hybridized carbons (Fsp3) is 0.500. The minimum atomic E-state index is -0.817. The summed E-state index contributed by atoms with van der Waals surface area (Å²) in [4.78, 5) is 27.1. The lowest BCUT2D eigenvalue weighted by atomic mass is 10.0. The average molecular weight is 379 g/mol. The normalized spacial score (nSPS) is 15.6. The van der Waals surface area contributed by atoms with Crippen LogP contribution < -0.4 is 5.32 Å². The Morgan fingerprint density at radius 2 is 1.96 bits per heavy atom. The van der Waals surface area contributed by atoms with Crippen molar-refractivity contribution in [1.82, 2.24) is 9.80 Å². The first-order valence-corrected chi connectivity index (χ1v) is 9.09. The molecule has 0 unspecified atom stereocenters. The Kier molecular flexibility index (Phi) is 7.85. The molecule has 7 nitrogen and oxygen atoms in total. The standard InChI is InChI=1S/C18H23ClN4O3/c19-7-10-23(16-5-8-22(9-6-16)13-18(25)26)12-17(24)21-15-3-1-14(11-20)2-4-15/h1-4,16H,5-10,12-13H2,(H,21,24)(H,25,26). The van der Waals surface area contributed by atoms with Crippen molar-refractivity contribution >= 4 is 29.2 Å². The number of rotatable bonds is 8. The van der Waals surface area contributed by atoms with Gasteiger partial charge in [-0.15, -0.1) is 11.6 Å². The third-order valence-electron chi connectivity index (χ3n) is 4.45. The number of carbonyl (C=O) groups excluding carboxylic acids is 1. The fourth-order valence-corrected chi connectivity index (χ4v) is 3.36. The van der Waals surface area contributed by atoms with E-state index in [-0.39, 0.29) is 25.0 Å². The number of amides is 1. The molecule has 0 aromatic heterocycles. The van der Waals surface area contributed by atoms with Gasteiger partial charge in [0.25, 0.3) is 0 Å². The zero-order valence-electron chi connectivity index (χ0n) is 14.5. The fourth-order valence-electron chi connectivity index (χ4n) is 3.15. The molecule has 2 rings (SSSR count). The Hall–Kier alpha value is -2.14. The molecule has 0 saturated carbocycles. The molecule has 0 spiro atoms. The molecule has 1 amide bonds. The van der Waals surface area contributed by atoms with E-state index in [0.717, 1.165) is 12.8 Å². The van der Waals surface area contributed by atoms with Gasteiger partial charge in [-0.1, -0.05) is 0 Å². The Bertz CT molecular complexity index is 651. The van der Waals surface area contributed by atoms with E-state index < -0.39 is 5.97 Å². The maximum Gasteiger partial charge on any atom is 0.317 e. The summed E-state index contributed by atoms with van der Waals surface area (Å²) < 4.78 is 0. The van der Waals surface area contributed by atoms with Crippen molar-refractivity contribution in [2.75, 3.05) is 43.9 Å². The summed E-state index contributed by atoms with van der Waals surface area (Å²) in [5.74, 6) is -0.518. The molecule has 1 aliphatic rings. The van der Waals surface area contributed by atoms with Crippen LogP contribution in [-0.4, -0.2) is 71.4 Å². The van der Waals surface area contributed by atoms with E-state index in [1.807, 2.05) is 11.0 Å². The molecule has 1 aromatic carbocycles. The molecule has 0 aliphatic carbocycles. The summed E-state index contributed by atoms with van der Waals surface area (Å²) in [6.07, 6.45) is 1.63. The van der Waals surface area contributed by atoms with Gasteiger partial charge in [0.05, 0.1) is 24.7 Å². The van der Waals surface area contributed by atoms with Gasteiger partial charge in [-0.2, -0.15) is 5.26 Å². The zero-order valence-corrected chi connectivity index (χ0v) is 15.3. The number of carbonyl (C=O) groups is 2. The van der Waals surface area contributed by atoms with Crippen molar-refractivity contribution in [1.29, 1.82) is 5.26 Å². The molecule has 1 aromatic rings. The Labute approximate surface area is 158 Å². The lowest BCUT2D eigenvalue weighted by Crippen LogP contribution is -2.48. The van der Waals surface area contributed by atoms with Crippen molar-refractivity contribution in [2.24, 2.45) is 0 Å². The van der Waals surface area contributed by atoms with Crippen LogP contribution in [-0.2, 0) is 9.59 Å². The Morgan fingerprint density at radius 3 is 2.50 bits per heavy atom. The highest BCUT2D eigenvalue weighted by Gasteiger charge is 2.26. The number of halogens is 1. The first-order chi connectivity index (χ1) is 12.5. The predicted octanol–water partition coefficient (Wildman–Crippen LogP) is 1.59. The molecule has 1 fully saturated rings. The molecule has 8 heteroatoms. The van der Waals surface area contributed by atoms with Crippen LogP contribution in [0.25, 0.3) is 0 Å². The molecule has 1 aliphatic heterocycles. The van der Waals surface area contributed by atoms with Crippen LogP contribution in [0.5, 0.6) is 0 Å². The number of carboxylic acid groups (broad SMARTS) is 1. The van der Waals surface area contributed by atoms with Crippen molar-refractivity contribution < 1.29 is 14.7 Å². The number of nitriles is 1. The van der Waals surface area contributed by atoms with Crippen molar-refractivity contribution in [2.45, 2.75) is 18.9 Å². The van der Waals surface area contributed by atoms with Gasteiger partial charge in [0.1, 0.15) is 0 Å². The highest BCUT2D eigenvalue weighted by molar-refractivity contribution is 6.18. The average Bonchev–Trinajstić information content (AvgIpc) is 2.62. The van der Waals surface area contributed by atoms with E-state index in [1.165, 1.54) is 0 Å². The van der Waals surface area contributed by atoms with Crippen LogP contribution in [0.15, 0.2) is 24.3 Å². The van der Waals surface area contributed by atoms with Gasteiger partial charge in [-0.3, -0.25) is 19.4 Å². The van der Waals surface area contributed by atoms with Crippen LogP contribution >= 0.6 is 11.6 Å². The number of likely N-dealkylation sites (tertiary alicyclic amines) is 1. The number of carboxylic acids is 1. The van der Waals surface area contributed by atoms with E-state index in [2.05, 4.69) is 10.2 Å². The van der Waals surface area contributed by atoms with Gasteiger partial charge >= 0.3 is 5.97 Å². The van der Waals surface area contributed by atoms with Crippen molar-refractivity contribution in [3.8, 4) is 6.07 Å². The van der Waals surface area contributed by atoms with E-state index in [4.69, 9.17) is 22.0 Å². The summed E-state index contributed by atoms with van der Waals surface area (Å²) >= 11 is 5.90. The summed E-state index contributed by atoms with van der Waals surface area (Å²) in [5.41, 5.74) is 1.19. The highest BCUT2D eigenvalue weighted by atomic mass is 35.5. The largest absolute Gasteiger partial charge is 0.480 e. The Balaban J connectivity index is 1.87. The minimum Gasteiger partial charge on any atom is -0.480 e. The number of alkyl halides is 1. The molecule has 26 heavy (non-hydrogen) atoms. The number of nitrogens with one attached hydrogen (secondary N) is 1. The molecule has 1 heterocycles. The first-order valence-electron chi connectivity index (χ1n) is 8.56. The Morgan fingerprint density at radius 1 is 1.31 bits per heavy atom. The number of hydrogen-bond donors (Lipinski definition) is 2. The van der Waals surface area contributed by atoms with Crippen molar-refractivity contribution in [3.63, 3.8) is 0 Å². The quantitative estimate of drug-likeness (QED) is 0.667. The maximum atomic E-state index is 12.4. The molecular weight excluding hydrogens is 356 g/mol. The van der Waals surface area contributed by atoms with Crippen LogP contribution in [0, 0.1) is 11.3 Å². The lowest BCUT2D eigenvalue weighted by molar-refractivity contribution is -0.138. The topological polar surface area (TPSA) is 96.7 Å². The van der Waals surface area contributed by atoms with Gasteiger partial charge in [-0.25, -0.2) is 0 Å². The van der Waals surface area contributed by atoms with Gasteiger partial charge in [0.15, 0.2) is 0 Å². The number of anilines is 1. The first kappa shape index (κ1) is 20.2. The summed E-state index contributed by atoms with van der Waals surface area (Å²) in [6, 6.07) is 8.97. The van der Waals surface area contributed by atoms with Gasteiger partial charge in [-0.05, 0) is 37.1 Å². The van der Waals surface area contributed by atoms with E-state index in [1.54, 1.807) is 24.3 Å². The second-order valence-electron chi connectivity index (χ2n) is 6.30. The van der Waals surface area contributed by atoms with Gasteiger partial charge < -0.3 is 10.4 Å². The maximum absolute atomic E-state index is 12.4. The number of hydrogen-bond acceptors (Lipinski definition) is 5. The van der Waals surface area contributed by atoms with Gasteiger partial charge in [0.2, 0.25) is 5.91 Å². The van der Waals surface area contributed by atoms with Gasteiger partial charge in [0, 0.05) is 37.2 Å². The minimum absolute atomic E-state index is 0.0569. The van der Waals surface area contributed by atoms with Crippen LogP contribution in [0.4, 0.5) is 5.69 Å². The smallest absolute Gasteiger partial charge is 0.317 e. The molecule has 2 N–H and O–H groups in total. The highest BCUT2D eigenvalue weighted by Crippen LogP contribution is 2.17. The second kappa shape index (κ2) is 10.1. The molecule has 0 radical (unpaired) electrons. The van der Waals surface area contributed by atoms with Crippen LogP contribution in [0.3, 0.4) is 0 Å². The zero-order chi connectivity index (χ0) is 18.9. The number of benzene rings is 1. The van der Waals surface area contributed by atoms with E-state index in [9.17, 15) is 9.59 Å². The van der Waals surface area contributed by atoms with Crippen molar-refractivity contribution in [3.05, 3.63) is 29.8 Å². The number of aliphatic carboxylic acids is 1. The third kappa shape index (κ3) is 6.30. The van der Waals surface area contributed by atoms with E-state index in [0.29, 0.717) is 36.8 Å². The van der Waals surface area contributed by atoms with Crippen LogP contribution in [0.2, 0.25) is 0 Å². The predicted molar refractivity (Wildman–Crippen MR) is 99.2 cm³/mol. The third-order valence-corrected chi connectivity index (χ3v) is 4.62. The number of piperidine rings is 1. The SMILES string of the molecule is N#Cc1ccc(NC(=O)CN(CCCl)C2CCN(CC(=O)O)CC2)cc1. The van der Waals surface area contributed by atoms with E-state index >= 15 is 0 Å². The van der Waals surface area contributed by atoms with Crippen LogP contribution in [0.1, 0.15) is 18.4 Å². The molecule has 140 valence electrons. The molecular formula is C18H23ClN4O3. The summed E-state index contributed by atoms with van der Waals surface area (Å²) in [6.45, 7) is 2.30. The number of nitrogens with zero attached hydrogens (tertiary/aromatic N) is 3. The summed E-state index contributed by atoms with van der Waals surface area (Å²) in [7, 11) is 0. The molecule has 1 saturated heterocycles. The monoisotopic (exact) mass is 378 g/mol.